The molecule has 0 aromatic heterocycles. The zero-order valence-corrected chi connectivity index (χ0v) is 4.79. The summed E-state index contributed by atoms with van der Waals surface area (Å²) >= 11 is 1.04. The lowest BCUT2D eigenvalue weighted by atomic mass is 11.1. The van der Waals surface area contributed by atoms with E-state index in [-0.39, 0.29) is 12.0 Å². The lowest BCUT2D eigenvalue weighted by Gasteiger charge is -1.92. The van der Waals surface area contributed by atoms with Crippen LogP contribution in [0.4, 0.5) is 4.79 Å². The average molecular weight is 121 g/mol. The van der Waals surface area contributed by atoms with Crippen molar-refractivity contribution in [1.29, 1.82) is 0 Å². The molecule has 0 rings (SSSR count). The molecule has 0 bridgehead atoms. The quantitative estimate of drug-likeness (QED) is 0.480. The number of carbonyl (C=O) groups is 1. The highest BCUT2D eigenvalue weighted by Gasteiger charge is 1.89. The molecular weight excluding hydrogens is 114 g/mol. The first-order valence-electron chi connectivity index (χ1n) is 1.74. The van der Waals surface area contributed by atoms with Gasteiger partial charge < -0.3 is 10.4 Å². The molecule has 0 aliphatic rings. The maximum absolute atomic E-state index is 10.1. The van der Waals surface area contributed by atoms with Crippen molar-refractivity contribution in [3.05, 3.63) is 0 Å². The minimum absolute atomic E-state index is 0.206. The molecule has 4 heteroatoms. The Labute approximate surface area is 46.1 Å². The van der Waals surface area contributed by atoms with Crippen molar-refractivity contribution in [2.45, 2.75) is 0 Å². The molecule has 7 heavy (non-hydrogen) atoms. The lowest BCUT2D eigenvalue weighted by molar-refractivity contribution is 0.236. The highest BCUT2D eigenvalue weighted by Crippen LogP contribution is 1.89. The highest BCUT2D eigenvalue weighted by atomic mass is 32.2. The minimum atomic E-state index is -0.278. The summed E-state index contributed by atoms with van der Waals surface area (Å²) in [5.41, 5.74) is 0. The Kier molecular flexibility index (Phi) is 3.83. The summed E-state index contributed by atoms with van der Waals surface area (Å²) in [5, 5.41) is 9.99. The molecule has 0 heterocycles. The third-order valence-corrected chi connectivity index (χ3v) is 0.924. The molecule has 2 N–H and O–H groups in total. The predicted octanol–water partition coefficient (Wildman–Crippen LogP) is 0.00880. The SMILES string of the molecule is CSC(=O)NCO. The number of aliphatic hydroxyl groups excluding tert-OH is 1. The number of hydrogen-bond acceptors (Lipinski definition) is 3. The van der Waals surface area contributed by atoms with E-state index >= 15 is 0 Å². The van der Waals surface area contributed by atoms with Crippen LogP contribution in [-0.2, 0) is 0 Å². The van der Waals surface area contributed by atoms with E-state index in [1.54, 1.807) is 6.26 Å². The van der Waals surface area contributed by atoms with Gasteiger partial charge in [-0.25, -0.2) is 0 Å². The largest absolute Gasteiger partial charge is 0.376 e. The second-order valence-electron chi connectivity index (χ2n) is 0.826. The molecule has 0 aliphatic carbocycles. The predicted molar refractivity (Wildman–Crippen MR) is 29.1 cm³/mol. The second-order valence-corrected chi connectivity index (χ2v) is 1.61. The number of carbonyl (C=O) groups excluding carboxylic acids is 1. The van der Waals surface area contributed by atoms with E-state index in [4.69, 9.17) is 5.11 Å². The van der Waals surface area contributed by atoms with E-state index in [9.17, 15) is 4.79 Å². The molecule has 1 amide bonds. The molecule has 3 nitrogen and oxygen atoms in total. The van der Waals surface area contributed by atoms with Gasteiger partial charge >= 0.3 is 0 Å². The number of thioether (sulfide) groups is 1. The van der Waals surface area contributed by atoms with Crippen LogP contribution in [0.25, 0.3) is 0 Å². The monoisotopic (exact) mass is 121 g/mol. The van der Waals surface area contributed by atoms with Crippen molar-refractivity contribution in [2.24, 2.45) is 0 Å². The van der Waals surface area contributed by atoms with Gasteiger partial charge in [0.25, 0.3) is 5.24 Å². The zero-order chi connectivity index (χ0) is 5.70. The van der Waals surface area contributed by atoms with Crippen LogP contribution in [0.5, 0.6) is 0 Å². The number of amides is 1. The number of hydrogen-bond donors (Lipinski definition) is 2. The van der Waals surface area contributed by atoms with Gasteiger partial charge in [0.05, 0.1) is 0 Å². The first-order chi connectivity index (χ1) is 3.31. The van der Waals surface area contributed by atoms with Gasteiger partial charge in [0.1, 0.15) is 6.73 Å². The van der Waals surface area contributed by atoms with E-state index in [2.05, 4.69) is 5.32 Å². The first kappa shape index (κ1) is 6.78. The zero-order valence-electron chi connectivity index (χ0n) is 3.97. The number of rotatable bonds is 1. The van der Waals surface area contributed by atoms with E-state index in [1.807, 2.05) is 0 Å². The fourth-order valence-electron chi connectivity index (χ4n) is 0.137. The summed E-state index contributed by atoms with van der Waals surface area (Å²) in [5.74, 6) is 0. The van der Waals surface area contributed by atoms with Gasteiger partial charge in [0.2, 0.25) is 0 Å². The first-order valence-corrected chi connectivity index (χ1v) is 2.96. The molecule has 0 saturated heterocycles. The summed E-state index contributed by atoms with van der Waals surface area (Å²) in [6.45, 7) is -0.278. The van der Waals surface area contributed by atoms with Gasteiger partial charge in [-0.1, -0.05) is 11.8 Å². The third kappa shape index (κ3) is 3.61. The van der Waals surface area contributed by atoms with Crippen LogP contribution in [0.15, 0.2) is 0 Å². The van der Waals surface area contributed by atoms with Crippen molar-refractivity contribution in [3.8, 4) is 0 Å². The molecule has 0 fully saturated rings. The molecule has 0 atom stereocenters. The van der Waals surface area contributed by atoms with Gasteiger partial charge in [0, 0.05) is 0 Å². The Balaban J connectivity index is 3.00. The summed E-state index contributed by atoms with van der Waals surface area (Å²) in [6.07, 6.45) is 1.64. The Morgan fingerprint density at radius 1 is 2.00 bits per heavy atom. The van der Waals surface area contributed by atoms with Crippen LogP contribution < -0.4 is 5.32 Å². The van der Waals surface area contributed by atoms with Crippen molar-refractivity contribution in [1.82, 2.24) is 5.32 Å². The fraction of sp³-hybridized carbons (Fsp3) is 0.667. The van der Waals surface area contributed by atoms with E-state index in [0.29, 0.717) is 0 Å². The van der Waals surface area contributed by atoms with Gasteiger partial charge in [-0.3, -0.25) is 4.79 Å². The van der Waals surface area contributed by atoms with Crippen LogP contribution in [0.1, 0.15) is 0 Å². The van der Waals surface area contributed by atoms with E-state index in [1.165, 1.54) is 0 Å². The van der Waals surface area contributed by atoms with Crippen LogP contribution in [0, 0.1) is 0 Å². The van der Waals surface area contributed by atoms with Gasteiger partial charge in [0.15, 0.2) is 0 Å². The number of nitrogens with one attached hydrogen (secondary N) is 1. The molecular formula is C3H7NO2S. The molecule has 42 valence electrons. The second kappa shape index (κ2) is 3.95. The van der Waals surface area contributed by atoms with Crippen LogP contribution in [0.2, 0.25) is 0 Å². The lowest BCUT2D eigenvalue weighted by Crippen LogP contribution is -2.18. The highest BCUT2D eigenvalue weighted by molar-refractivity contribution is 8.12. The molecule has 0 saturated carbocycles. The van der Waals surface area contributed by atoms with Gasteiger partial charge in [-0.2, -0.15) is 0 Å². The molecule has 0 aromatic rings. The normalized spacial score (nSPS) is 8.29. The minimum Gasteiger partial charge on any atom is -0.376 e. The van der Waals surface area contributed by atoms with Crippen molar-refractivity contribution in [3.63, 3.8) is 0 Å². The van der Waals surface area contributed by atoms with Crippen LogP contribution >= 0.6 is 11.8 Å². The Morgan fingerprint density at radius 2 is 2.57 bits per heavy atom. The number of aliphatic hydroxyl groups is 1. The standard InChI is InChI=1S/C3H7NO2S/c1-7-3(6)4-2-5/h5H,2H2,1H3,(H,4,6). The topological polar surface area (TPSA) is 49.3 Å². The molecule has 0 aromatic carbocycles. The van der Waals surface area contributed by atoms with Crippen molar-refractivity contribution in [2.75, 3.05) is 13.0 Å². The van der Waals surface area contributed by atoms with E-state index < -0.39 is 0 Å². The summed E-state index contributed by atoms with van der Waals surface area (Å²) in [4.78, 5) is 10.1. The van der Waals surface area contributed by atoms with E-state index in [0.717, 1.165) is 11.8 Å². The fourth-order valence-corrected chi connectivity index (χ4v) is 0.346. The Morgan fingerprint density at radius 3 is 2.71 bits per heavy atom. The molecule has 0 unspecified atom stereocenters. The average Bonchev–Trinajstić information content (AvgIpc) is 1.68. The Bertz CT molecular complexity index is 66.0. The van der Waals surface area contributed by atoms with Gasteiger partial charge in [-0.15, -0.1) is 0 Å². The van der Waals surface area contributed by atoms with Crippen LogP contribution in [-0.4, -0.2) is 23.3 Å². The van der Waals surface area contributed by atoms with Gasteiger partial charge in [-0.05, 0) is 6.26 Å². The molecule has 0 spiro atoms. The summed E-state index contributed by atoms with van der Waals surface area (Å²) in [6, 6.07) is 0. The third-order valence-electron chi connectivity index (χ3n) is 0.409. The molecule has 0 radical (unpaired) electrons. The Hall–Kier alpha value is -0.220. The summed E-state index contributed by atoms with van der Waals surface area (Å²) in [7, 11) is 0. The maximum atomic E-state index is 10.1. The van der Waals surface area contributed by atoms with Crippen molar-refractivity contribution < 1.29 is 9.90 Å². The summed E-state index contributed by atoms with van der Waals surface area (Å²) < 4.78 is 0. The molecule has 0 aliphatic heterocycles. The maximum Gasteiger partial charge on any atom is 0.280 e. The smallest absolute Gasteiger partial charge is 0.280 e. The van der Waals surface area contributed by atoms with Crippen molar-refractivity contribution >= 4 is 17.0 Å². The van der Waals surface area contributed by atoms with Crippen LogP contribution in [0.3, 0.4) is 0 Å².